The van der Waals surface area contributed by atoms with Crippen LogP contribution in [0.2, 0.25) is 0 Å². The summed E-state index contributed by atoms with van der Waals surface area (Å²) in [5.74, 6) is 0. The van der Waals surface area contributed by atoms with Gasteiger partial charge in [-0.3, -0.25) is 0 Å². The highest BCUT2D eigenvalue weighted by Crippen LogP contribution is 2.55. The second kappa shape index (κ2) is 14.5. The molecular weight excluding hydrogens is 841 g/mol. The van der Waals surface area contributed by atoms with Crippen molar-refractivity contribution in [1.82, 2.24) is 0 Å². The number of anilines is 6. The summed E-state index contributed by atoms with van der Waals surface area (Å²) >= 11 is 0. The second-order valence-electron chi connectivity index (χ2n) is 22.5. The Balaban J connectivity index is 1.21. The Morgan fingerprint density at radius 3 is 1.17 bits per heavy atom. The van der Waals surface area contributed by atoms with E-state index in [1.54, 1.807) is 0 Å². The second-order valence-corrected chi connectivity index (χ2v) is 22.5. The molecule has 0 N–H and O–H groups in total. The van der Waals surface area contributed by atoms with E-state index < -0.39 is 0 Å². The largest absolute Gasteiger partial charge is 0.454 e. The summed E-state index contributed by atoms with van der Waals surface area (Å²) in [5.41, 5.74) is 16.0. The predicted octanol–water partition coefficient (Wildman–Crippen LogP) is 19.1. The lowest BCUT2D eigenvalue weighted by atomic mass is 9.83. The van der Waals surface area contributed by atoms with E-state index in [1.807, 2.05) is 0 Å². The van der Waals surface area contributed by atoms with Gasteiger partial charge in [-0.05, 0) is 79.4 Å². The summed E-state index contributed by atoms with van der Waals surface area (Å²) in [5, 5.41) is 11.8. The van der Waals surface area contributed by atoms with E-state index in [0.29, 0.717) is 6.42 Å². The maximum absolute atomic E-state index is 7.27. The molecule has 0 saturated heterocycles. The SMILES string of the molecule is CC(C)(C)c1cc2ccc3c4cc(c5ccc(c1)c2c35)N(c1cccc2c1oc1c(C(C)(C)C)cccc12)c1ccccc1Cc1ccccc1N4c1cccc2c1oc1c(C(C)(C)C)cccc12. The maximum atomic E-state index is 7.27. The molecule has 10 aromatic carbocycles. The highest BCUT2D eigenvalue weighted by molar-refractivity contribution is 6.30. The van der Waals surface area contributed by atoms with Crippen molar-refractivity contribution >= 4 is 110 Å². The molecule has 3 heterocycles. The Kier molecular flexibility index (Phi) is 8.73. The van der Waals surface area contributed by atoms with Crippen molar-refractivity contribution in [2.45, 2.75) is 85.0 Å². The van der Waals surface area contributed by atoms with Crippen LogP contribution >= 0.6 is 0 Å². The van der Waals surface area contributed by atoms with Gasteiger partial charge in [-0.15, -0.1) is 0 Å². The van der Waals surface area contributed by atoms with Crippen LogP contribution in [0.25, 0.3) is 76.2 Å². The van der Waals surface area contributed by atoms with Gasteiger partial charge in [-0.2, -0.15) is 0 Å². The molecule has 12 aromatic rings. The fourth-order valence-electron chi connectivity index (χ4n) is 11.6. The average Bonchev–Trinajstić information content (AvgIpc) is 3.91. The van der Waals surface area contributed by atoms with E-state index in [4.69, 9.17) is 8.83 Å². The Bertz CT molecular complexity index is 3820. The lowest BCUT2D eigenvalue weighted by Gasteiger charge is -2.35. The maximum Gasteiger partial charge on any atom is 0.159 e. The van der Waals surface area contributed by atoms with Gasteiger partial charge in [0, 0.05) is 66.6 Å². The van der Waals surface area contributed by atoms with Gasteiger partial charge in [-0.25, -0.2) is 0 Å². The normalized spacial score (nSPS) is 13.8. The molecule has 2 aromatic heterocycles. The zero-order valence-corrected chi connectivity index (χ0v) is 41.0. The van der Waals surface area contributed by atoms with Crippen LogP contribution in [0.4, 0.5) is 34.1 Å². The smallest absolute Gasteiger partial charge is 0.159 e. The number of furan rings is 2. The van der Waals surface area contributed by atoms with E-state index in [-0.39, 0.29) is 16.2 Å². The van der Waals surface area contributed by atoms with Crippen LogP contribution in [0.3, 0.4) is 0 Å². The molecule has 0 aliphatic carbocycles. The first-order valence-corrected chi connectivity index (χ1v) is 24.5. The minimum absolute atomic E-state index is 0.0188. The van der Waals surface area contributed by atoms with Gasteiger partial charge in [0.1, 0.15) is 11.2 Å². The standard InChI is InChI=1S/C65H56N2O2/c1-63(2,3)42-35-40-30-32-47-55-37-56(48-33-31-41(36-42)57(40)58(47)48)67(54-29-17-23-46-44-21-15-25-50(65(7,8)9)60(44)69-62(46)54)52-27-13-11-19-39(52)34-38-18-10-12-26-51(38)66(55)53-28-16-22-45-43-20-14-24-49(64(4,5)6)59(43)68-61(45)53/h10-33,35-37H,34H2,1-9H3. The first-order valence-electron chi connectivity index (χ1n) is 24.5. The molecule has 0 unspecified atom stereocenters. The molecule has 69 heavy (non-hydrogen) atoms. The van der Waals surface area contributed by atoms with Crippen LogP contribution in [0.1, 0.15) is 90.1 Å². The number of para-hydroxylation sites is 6. The van der Waals surface area contributed by atoms with Crippen molar-refractivity contribution in [2.24, 2.45) is 0 Å². The van der Waals surface area contributed by atoms with Gasteiger partial charge in [0.05, 0.1) is 22.7 Å². The van der Waals surface area contributed by atoms with Gasteiger partial charge >= 0.3 is 0 Å². The van der Waals surface area contributed by atoms with Crippen molar-refractivity contribution < 1.29 is 8.83 Å². The van der Waals surface area contributed by atoms with Crippen LogP contribution in [-0.2, 0) is 22.7 Å². The lowest BCUT2D eigenvalue weighted by molar-refractivity contribution is 0.572. The van der Waals surface area contributed by atoms with E-state index in [9.17, 15) is 0 Å². The Morgan fingerprint density at radius 1 is 0.333 bits per heavy atom. The molecular formula is C65H56N2O2. The highest BCUT2D eigenvalue weighted by Gasteiger charge is 2.32. The van der Waals surface area contributed by atoms with Gasteiger partial charge in [0.2, 0.25) is 0 Å². The van der Waals surface area contributed by atoms with Crippen molar-refractivity contribution in [3.05, 3.63) is 192 Å². The van der Waals surface area contributed by atoms with Crippen molar-refractivity contribution in [2.75, 3.05) is 9.80 Å². The van der Waals surface area contributed by atoms with Crippen LogP contribution in [-0.4, -0.2) is 0 Å². The van der Waals surface area contributed by atoms with E-state index in [1.165, 1.54) is 60.1 Å². The van der Waals surface area contributed by atoms with Crippen molar-refractivity contribution in [3.8, 4) is 0 Å². The van der Waals surface area contributed by atoms with Crippen LogP contribution in [0, 0.1) is 0 Å². The fourth-order valence-corrected chi connectivity index (χ4v) is 11.6. The molecule has 0 amide bonds. The summed E-state index contributed by atoms with van der Waals surface area (Å²) < 4.78 is 14.5. The van der Waals surface area contributed by atoms with Crippen molar-refractivity contribution in [1.29, 1.82) is 0 Å². The Labute approximate surface area is 403 Å². The minimum atomic E-state index is -0.113. The molecule has 1 aliphatic rings. The summed E-state index contributed by atoms with van der Waals surface area (Å²) in [4.78, 5) is 5.02. The van der Waals surface area contributed by atoms with Crippen molar-refractivity contribution in [3.63, 3.8) is 0 Å². The first-order chi connectivity index (χ1) is 33.1. The summed E-state index contributed by atoms with van der Waals surface area (Å²) in [6.07, 6.45) is 0.698. The number of rotatable bonds is 2. The molecule has 0 fully saturated rings. The molecule has 13 rings (SSSR count). The van der Waals surface area contributed by atoms with Crippen LogP contribution in [0.15, 0.2) is 173 Å². The molecule has 338 valence electrons. The monoisotopic (exact) mass is 896 g/mol. The Hall–Kier alpha value is -7.56. The van der Waals surface area contributed by atoms with Gasteiger partial charge in [0.15, 0.2) is 11.2 Å². The minimum Gasteiger partial charge on any atom is -0.454 e. The van der Waals surface area contributed by atoms with Crippen LogP contribution in [0.5, 0.6) is 0 Å². The third-order valence-corrected chi connectivity index (χ3v) is 15.0. The number of hydrogen-bond acceptors (Lipinski definition) is 4. The topological polar surface area (TPSA) is 32.8 Å². The zero-order chi connectivity index (χ0) is 47.3. The van der Waals surface area contributed by atoms with E-state index in [2.05, 4.69) is 236 Å². The third-order valence-electron chi connectivity index (χ3n) is 15.0. The molecule has 4 nitrogen and oxygen atoms in total. The zero-order valence-electron chi connectivity index (χ0n) is 41.0. The van der Waals surface area contributed by atoms with Gasteiger partial charge in [0.25, 0.3) is 0 Å². The summed E-state index contributed by atoms with van der Waals surface area (Å²) in [7, 11) is 0. The number of benzene rings is 10. The molecule has 0 saturated carbocycles. The molecule has 0 spiro atoms. The first kappa shape index (κ1) is 41.6. The van der Waals surface area contributed by atoms with E-state index >= 15 is 0 Å². The Morgan fingerprint density at radius 2 is 0.739 bits per heavy atom. The van der Waals surface area contributed by atoms with Crippen LogP contribution < -0.4 is 9.80 Å². The number of nitrogens with zero attached hydrogens (tertiary/aromatic N) is 2. The lowest BCUT2D eigenvalue weighted by Crippen LogP contribution is -2.18. The van der Waals surface area contributed by atoms with E-state index in [0.717, 1.165) is 78.0 Å². The molecule has 1 aliphatic heterocycles. The quantitative estimate of drug-likeness (QED) is 0.162. The molecule has 4 heteroatoms. The third kappa shape index (κ3) is 6.20. The summed E-state index contributed by atoms with van der Waals surface area (Å²) in [6.45, 7) is 20.6. The molecule has 2 bridgehead atoms. The fraction of sp³-hybridized carbons (Fsp3) is 0.200. The highest BCUT2D eigenvalue weighted by atomic mass is 16.3. The predicted molar refractivity (Wildman–Crippen MR) is 293 cm³/mol. The van der Waals surface area contributed by atoms with Gasteiger partial charge < -0.3 is 18.6 Å². The number of fused-ring (bicyclic) bond motifs is 12. The van der Waals surface area contributed by atoms with Gasteiger partial charge in [-0.1, -0.05) is 196 Å². The average molecular weight is 897 g/mol. The molecule has 0 atom stereocenters. The summed E-state index contributed by atoms with van der Waals surface area (Å²) in [6, 6.07) is 61.3. The number of hydrogen-bond donors (Lipinski definition) is 0. The molecule has 0 radical (unpaired) electrons.